The first-order valence-corrected chi connectivity index (χ1v) is 13.3. The third kappa shape index (κ3) is 4.15. The average Bonchev–Trinajstić information content (AvgIpc) is 2.97. The molecule has 1 aliphatic rings. The number of pyridine rings is 1. The first-order valence-electron chi connectivity index (χ1n) is 13.3. The molecule has 0 radical (unpaired) electrons. The molecule has 4 aromatic rings. The van der Waals surface area contributed by atoms with Crippen molar-refractivity contribution >= 4 is 17.1 Å². The summed E-state index contributed by atoms with van der Waals surface area (Å²) in [6.07, 6.45) is 5.60. The molecule has 1 unspecified atom stereocenters. The van der Waals surface area contributed by atoms with Gasteiger partial charge in [-0.15, -0.1) is 0 Å². The Morgan fingerprint density at radius 1 is 0.730 bits per heavy atom. The topological polar surface area (TPSA) is 25.6 Å². The summed E-state index contributed by atoms with van der Waals surface area (Å²) < 4.78 is 13.4. The molecule has 0 spiro atoms. The number of hydrogen-bond acceptors (Lipinski definition) is 3. The van der Waals surface area contributed by atoms with Crippen LogP contribution in [0.2, 0.25) is 0 Å². The van der Waals surface area contributed by atoms with Crippen molar-refractivity contribution in [3.05, 3.63) is 96.7 Å². The van der Waals surface area contributed by atoms with E-state index in [2.05, 4.69) is 97.1 Å². The first-order chi connectivity index (χ1) is 18.1. The lowest BCUT2D eigenvalue weighted by molar-refractivity contribution is -0.762. The third-order valence-electron chi connectivity index (χ3n) is 8.23. The molecule has 0 aliphatic carbocycles. The lowest BCUT2D eigenvalue weighted by Crippen LogP contribution is -2.62. The minimum Gasteiger partial charge on any atom is -0.497 e. The minimum atomic E-state index is 0.0888. The van der Waals surface area contributed by atoms with E-state index in [-0.39, 0.29) is 5.54 Å². The molecule has 3 aromatic carbocycles. The van der Waals surface area contributed by atoms with Crippen LogP contribution in [0.4, 0.5) is 17.1 Å². The van der Waals surface area contributed by atoms with Crippen LogP contribution < -0.4 is 18.9 Å². The van der Waals surface area contributed by atoms with Gasteiger partial charge in [-0.1, -0.05) is 26.8 Å². The third-order valence-corrected chi connectivity index (χ3v) is 8.23. The molecule has 1 aliphatic heterocycles. The molecule has 190 valence electrons. The normalized spacial score (nSPS) is 15.4. The van der Waals surface area contributed by atoms with Gasteiger partial charge < -0.3 is 14.4 Å². The largest absolute Gasteiger partial charge is 0.497 e. The van der Waals surface area contributed by atoms with Crippen LogP contribution in [0.5, 0.6) is 11.5 Å². The lowest BCUT2D eigenvalue weighted by atomic mass is 9.69. The quantitative estimate of drug-likeness (QED) is 0.232. The predicted molar refractivity (Wildman–Crippen MR) is 151 cm³/mol. The van der Waals surface area contributed by atoms with Gasteiger partial charge >= 0.3 is 0 Å². The van der Waals surface area contributed by atoms with Crippen LogP contribution in [0, 0.1) is 0 Å². The number of ether oxygens (including phenoxy) is 2. The fourth-order valence-electron chi connectivity index (χ4n) is 6.31. The number of rotatable bonds is 8. The van der Waals surface area contributed by atoms with Crippen molar-refractivity contribution in [3.8, 4) is 22.8 Å². The van der Waals surface area contributed by atoms with E-state index in [4.69, 9.17) is 9.47 Å². The summed E-state index contributed by atoms with van der Waals surface area (Å²) in [5.41, 5.74) is 7.42. The molecule has 5 rings (SSSR count). The van der Waals surface area contributed by atoms with Crippen molar-refractivity contribution < 1.29 is 14.0 Å². The van der Waals surface area contributed by atoms with E-state index in [1.54, 1.807) is 14.2 Å². The van der Waals surface area contributed by atoms with E-state index in [1.807, 2.05) is 24.3 Å². The van der Waals surface area contributed by atoms with Crippen molar-refractivity contribution in [2.75, 3.05) is 19.1 Å². The van der Waals surface area contributed by atoms with E-state index in [9.17, 15) is 0 Å². The second-order valence-corrected chi connectivity index (χ2v) is 9.73. The molecule has 4 heteroatoms. The first kappa shape index (κ1) is 24.9. The average molecular weight is 494 g/mol. The lowest BCUT2D eigenvalue weighted by Gasteiger charge is -2.40. The zero-order valence-electron chi connectivity index (χ0n) is 22.6. The Labute approximate surface area is 221 Å². The summed E-state index contributed by atoms with van der Waals surface area (Å²) in [7, 11) is 3.40. The molecule has 4 nitrogen and oxygen atoms in total. The number of hydrogen-bond donors (Lipinski definition) is 0. The van der Waals surface area contributed by atoms with E-state index < -0.39 is 0 Å². The van der Waals surface area contributed by atoms with Gasteiger partial charge in [0, 0.05) is 48.0 Å². The molecule has 37 heavy (non-hydrogen) atoms. The number of nitrogens with zero attached hydrogens (tertiary/aromatic N) is 2. The van der Waals surface area contributed by atoms with Crippen molar-refractivity contribution in [1.82, 2.24) is 0 Å². The second kappa shape index (κ2) is 10.3. The smallest absolute Gasteiger partial charge is 0.213 e. The van der Waals surface area contributed by atoms with Crippen molar-refractivity contribution in [2.24, 2.45) is 0 Å². The molecular weight excluding hydrogens is 456 g/mol. The Kier molecular flexibility index (Phi) is 6.92. The molecule has 0 fully saturated rings. The number of anilines is 3. The Bertz CT molecular complexity index is 1310. The molecule has 1 aromatic heterocycles. The number of methoxy groups -OCH3 is 2. The molecule has 0 saturated carbocycles. The van der Waals surface area contributed by atoms with Gasteiger partial charge in [0.25, 0.3) is 0 Å². The monoisotopic (exact) mass is 493 g/mol. The highest BCUT2D eigenvalue weighted by atomic mass is 16.5. The van der Waals surface area contributed by atoms with Gasteiger partial charge in [-0.2, -0.15) is 4.57 Å². The number of aromatic nitrogens is 1. The molecule has 2 heterocycles. The van der Waals surface area contributed by atoms with Gasteiger partial charge in [0.15, 0.2) is 11.7 Å². The van der Waals surface area contributed by atoms with E-state index in [0.717, 1.165) is 47.8 Å². The Balaban J connectivity index is 1.70. The second-order valence-electron chi connectivity index (χ2n) is 9.73. The van der Waals surface area contributed by atoms with Gasteiger partial charge in [0.1, 0.15) is 11.5 Å². The highest BCUT2D eigenvalue weighted by Gasteiger charge is 2.50. The molecule has 0 saturated heterocycles. The Morgan fingerprint density at radius 2 is 1.30 bits per heavy atom. The van der Waals surface area contributed by atoms with Crippen LogP contribution >= 0.6 is 0 Å². The fraction of sp³-hybridized carbons (Fsp3) is 0.303. The van der Waals surface area contributed by atoms with Crippen LogP contribution in [0.3, 0.4) is 0 Å². The summed E-state index contributed by atoms with van der Waals surface area (Å²) in [5, 5.41) is 0. The van der Waals surface area contributed by atoms with Gasteiger partial charge in [0.05, 0.1) is 19.8 Å². The molecule has 1 atom stereocenters. The van der Waals surface area contributed by atoms with Crippen LogP contribution in [0.25, 0.3) is 11.3 Å². The Hall–Kier alpha value is -3.79. The maximum atomic E-state index is 5.43. The van der Waals surface area contributed by atoms with E-state index >= 15 is 0 Å². The van der Waals surface area contributed by atoms with Crippen LogP contribution in [-0.2, 0) is 5.54 Å². The van der Waals surface area contributed by atoms with Gasteiger partial charge in [-0.3, -0.25) is 0 Å². The molecule has 0 amide bonds. The Morgan fingerprint density at radius 3 is 1.81 bits per heavy atom. The van der Waals surface area contributed by atoms with E-state index in [0.29, 0.717) is 5.92 Å². The minimum absolute atomic E-state index is 0.0888. The van der Waals surface area contributed by atoms with Gasteiger partial charge in [0.2, 0.25) is 5.69 Å². The fourth-order valence-corrected chi connectivity index (χ4v) is 6.31. The van der Waals surface area contributed by atoms with Crippen LogP contribution in [-0.4, -0.2) is 14.2 Å². The van der Waals surface area contributed by atoms with Crippen molar-refractivity contribution in [1.29, 1.82) is 0 Å². The summed E-state index contributed by atoms with van der Waals surface area (Å²) in [6.45, 7) is 7.01. The molecule has 0 bridgehead atoms. The standard InChI is InChI=1S/C33H37N2O2/c1-6-31-29-21-16-26(23-30(29)32-11-9-10-22-34(32)33(31,7-2)8-3)35(24-12-17-27(36-4)18-13-24)25-14-19-28(37-5)20-15-25/h9-23,31H,6-8H2,1-5H3/q+1. The molecular formula is C33H37N2O2+. The summed E-state index contributed by atoms with van der Waals surface area (Å²) >= 11 is 0. The number of benzene rings is 3. The SMILES string of the molecule is CCC1c2ccc(N(c3ccc(OC)cc3)c3ccc(OC)cc3)cc2-c2cccc[n+]2C1(CC)CC. The zero-order valence-corrected chi connectivity index (χ0v) is 22.6. The maximum absolute atomic E-state index is 5.43. The maximum Gasteiger partial charge on any atom is 0.213 e. The predicted octanol–water partition coefficient (Wildman–Crippen LogP) is 8.15. The summed E-state index contributed by atoms with van der Waals surface area (Å²) in [5.74, 6) is 2.15. The number of fused-ring (bicyclic) bond motifs is 3. The zero-order chi connectivity index (χ0) is 26.0. The van der Waals surface area contributed by atoms with E-state index in [1.165, 1.54) is 16.8 Å². The van der Waals surface area contributed by atoms with Crippen LogP contribution in [0.15, 0.2) is 91.1 Å². The van der Waals surface area contributed by atoms with Gasteiger partial charge in [-0.25, -0.2) is 0 Å². The van der Waals surface area contributed by atoms with Crippen molar-refractivity contribution in [2.45, 2.75) is 51.5 Å². The van der Waals surface area contributed by atoms with Crippen molar-refractivity contribution in [3.63, 3.8) is 0 Å². The highest BCUT2D eigenvalue weighted by molar-refractivity contribution is 5.81. The molecule has 0 N–H and O–H groups in total. The summed E-state index contributed by atoms with van der Waals surface area (Å²) in [6, 6.07) is 30.1. The van der Waals surface area contributed by atoms with Crippen LogP contribution in [0.1, 0.15) is 51.5 Å². The van der Waals surface area contributed by atoms with Gasteiger partial charge in [-0.05, 0) is 78.7 Å². The summed E-state index contributed by atoms with van der Waals surface area (Å²) in [4.78, 5) is 2.30. The highest BCUT2D eigenvalue weighted by Crippen LogP contribution is 2.48.